The number of nitrogens with one attached hydrogen (secondary N) is 1. The van der Waals surface area contributed by atoms with E-state index in [0.717, 1.165) is 24.4 Å². The molecular formula is C21H26N2O3. The number of nitrogens with zero attached hydrogens (tertiary/aromatic N) is 1. The maximum atomic E-state index is 12.7. The van der Waals surface area contributed by atoms with Crippen molar-refractivity contribution in [1.82, 2.24) is 10.2 Å². The first-order valence-electron chi connectivity index (χ1n) is 9.02. The van der Waals surface area contributed by atoms with Crippen LogP contribution in [0.5, 0.6) is 11.5 Å². The molecule has 2 aromatic carbocycles. The molecule has 1 amide bonds. The van der Waals surface area contributed by atoms with Crippen LogP contribution < -0.4 is 14.8 Å². The largest absolute Gasteiger partial charge is 0.496 e. The number of likely N-dealkylation sites (tertiary alicyclic amines) is 1. The van der Waals surface area contributed by atoms with E-state index < -0.39 is 0 Å². The van der Waals surface area contributed by atoms with Gasteiger partial charge in [-0.1, -0.05) is 30.3 Å². The van der Waals surface area contributed by atoms with E-state index in [1.165, 1.54) is 12.8 Å². The van der Waals surface area contributed by atoms with Gasteiger partial charge in [-0.05, 0) is 44.1 Å². The smallest absolute Gasteiger partial charge is 0.255 e. The fraction of sp³-hybridized carbons (Fsp3) is 0.381. The minimum Gasteiger partial charge on any atom is -0.496 e. The van der Waals surface area contributed by atoms with Crippen molar-refractivity contribution < 1.29 is 14.3 Å². The molecule has 1 aliphatic rings. The first-order chi connectivity index (χ1) is 12.7. The molecule has 1 aliphatic heterocycles. The minimum absolute atomic E-state index is 0.0901. The van der Waals surface area contributed by atoms with Crippen LogP contribution in [0.15, 0.2) is 48.5 Å². The lowest BCUT2D eigenvalue weighted by molar-refractivity contribution is 0.0934. The van der Waals surface area contributed by atoms with Gasteiger partial charge in [0, 0.05) is 12.1 Å². The highest BCUT2D eigenvalue weighted by molar-refractivity contribution is 5.96. The van der Waals surface area contributed by atoms with Crippen LogP contribution in [-0.4, -0.2) is 44.7 Å². The molecule has 1 saturated heterocycles. The third kappa shape index (κ3) is 3.99. The molecule has 2 aromatic rings. The topological polar surface area (TPSA) is 50.8 Å². The second-order valence-electron chi connectivity index (χ2n) is 6.41. The maximum absolute atomic E-state index is 12.7. The van der Waals surface area contributed by atoms with Gasteiger partial charge in [-0.3, -0.25) is 9.69 Å². The predicted molar refractivity (Wildman–Crippen MR) is 102 cm³/mol. The lowest BCUT2D eigenvalue weighted by Gasteiger charge is -2.29. The van der Waals surface area contributed by atoms with Crippen molar-refractivity contribution in [2.75, 3.05) is 33.9 Å². The van der Waals surface area contributed by atoms with E-state index >= 15 is 0 Å². The van der Waals surface area contributed by atoms with E-state index in [4.69, 9.17) is 9.47 Å². The third-order valence-electron chi connectivity index (χ3n) is 4.89. The van der Waals surface area contributed by atoms with E-state index in [1.54, 1.807) is 26.4 Å². The lowest BCUT2D eigenvalue weighted by atomic mass is 10.0. The Morgan fingerprint density at radius 2 is 1.62 bits per heavy atom. The molecule has 1 atom stereocenters. The summed E-state index contributed by atoms with van der Waals surface area (Å²) >= 11 is 0. The van der Waals surface area contributed by atoms with Crippen molar-refractivity contribution in [1.29, 1.82) is 0 Å². The van der Waals surface area contributed by atoms with Gasteiger partial charge in [-0.25, -0.2) is 0 Å². The number of rotatable bonds is 7. The highest BCUT2D eigenvalue weighted by Crippen LogP contribution is 2.31. The van der Waals surface area contributed by atoms with Crippen LogP contribution in [0.1, 0.15) is 34.8 Å². The summed E-state index contributed by atoms with van der Waals surface area (Å²) in [5.74, 6) is 1.32. The molecule has 1 N–H and O–H groups in total. The molecule has 26 heavy (non-hydrogen) atoms. The SMILES string of the molecule is COc1ccccc1C(=O)NCC(c1ccccc1OC)N1CCCC1. The summed E-state index contributed by atoms with van der Waals surface area (Å²) in [5, 5.41) is 3.08. The molecule has 5 heteroatoms. The van der Waals surface area contributed by atoms with Crippen LogP contribution in [0.4, 0.5) is 0 Å². The Kier molecular flexibility index (Phi) is 6.12. The Labute approximate surface area is 154 Å². The molecule has 1 unspecified atom stereocenters. The first kappa shape index (κ1) is 18.3. The van der Waals surface area contributed by atoms with Crippen molar-refractivity contribution >= 4 is 5.91 Å². The Bertz CT molecular complexity index is 742. The molecule has 0 aromatic heterocycles. The standard InChI is InChI=1S/C21H26N2O3/c1-25-19-11-5-3-9-16(19)18(23-13-7-8-14-23)15-22-21(24)17-10-4-6-12-20(17)26-2/h3-6,9-12,18H,7-8,13-15H2,1-2H3,(H,22,24). The zero-order valence-corrected chi connectivity index (χ0v) is 15.4. The first-order valence-corrected chi connectivity index (χ1v) is 9.02. The van der Waals surface area contributed by atoms with E-state index in [1.807, 2.05) is 30.3 Å². The number of hydrogen-bond donors (Lipinski definition) is 1. The zero-order chi connectivity index (χ0) is 18.4. The molecule has 1 heterocycles. The van der Waals surface area contributed by atoms with Gasteiger partial charge in [0.15, 0.2) is 0 Å². The average molecular weight is 354 g/mol. The van der Waals surface area contributed by atoms with Crippen molar-refractivity contribution in [3.05, 3.63) is 59.7 Å². The molecule has 5 nitrogen and oxygen atoms in total. The van der Waals surface area contributed by atoms with Crippen molar-refractivity contribution in [3.63, 3.8) is 0 Å². The number of para-hydroxylation sites is 2. The summed E-state index contributed by atoms with van der Waals surface area (Å²) < 4.78 is 10.9. The van der Waals surface area contributed by atoms with Crippen LogP contribution in [0.3, 0.4) is 0 Å². The Morgan fingerprint density at radius 3 is 2.31 bits per heavy atom. The Hall–Kier alpha value is -2.53. The quantitative estimate of drug-likeness (QED) is 0.829. The van der Waals surface area contributed by atoms with Gasteiger partial charge in [-0.15, -0.1) is 0 Å². The molecule has 0 spiro atoms. The monoisotopic (exact) mass is 354 g/mol. The van der Waals surface area contributed by atoms with Gasteiger partial charge in [0.05, 0.1) is 25.8 Å². The van der Waals surface area contributed by atoms with Crippen LogP contribution in [0, 0.1) is 0 Å². The zero-order valence-electron chi connectivity index (χ0n) is 15.4. The second kappa shape index (κ2) is 8.72. The van der Waals surface area contributed by atoms with Crippen LogP contribution in [0.2, 0.25) is 0 Å². The van der Waals surface area contributed by atoms with Gasteiger partial charge >= 0.3 is 0 Å². The van der Waals surface area contributed by atoms with Crippen molar-refractivity contribution in [2.24, 2.45) is 0 Å². The number of hydrogen-bond acceptors (Lipinski definition) is 4. The summed E-state index contributed by atoms with van der Waals surface area (Å²) in [6.45, 7) is 2.59. The summed E-state index contributed by atoms with van der Waals surface area (Å²) in [5.41, 5.74) is 1.66. The Balaban J connectivity index is 1.79. The van der Waals surface area contributed by atoms with Crippen LogP contribution in [0.25, 0.3) is 0 Å². The number of amides is 1. The fourth-order valence-corrected chi connectivity index (χ4v) is 3.55. The van der Waals surface area contributed by atoms with E-state index in [9.17, 15) is 4.79 Å². The molecule has 138 valence electrons. The number of ether oxygens (including phenoxy) is 2. The third-order valence-corrected chi connectivity index (χ3v) is 4.89. The van der Waals surface area contributed by atoms with Gasteiger partial charge in [0.2, 0.25) is 0 Å². The molecule has 0 saturated carbocycles. The van der Waals surface area contributed by atoms with Gasteiger partial charge < -0.3 is 14.8 Å². The summed E-state index contributed by atoms with van der Waals surface area (Å²) in [6, 6.07) is 15.4. The second-order valence-corrected chi connectivity index (χ2v) is 6.41. The highest BCUT2D eigenvalue weighted by atomic mass is 16.5. The summed E-state index contributed by atoms with van der Waals surface area (Å²) in [4.78, 5) is 15.1. The van der Waals surface area contributed by atoms with Gasteiger partial charge in [0.25, 0.3) is 5.91 Å². The number of carbonyl (C=O) groups is 1. The molecule has 1 fully saturated rings. The number of methoxy groups -OCH3 is 2. The van der Waals surface area contributed by atoms with E-state index in [2.05, 4.69) is 16.3 Å². The van der Waals surface area contributed by atoms with Gasteiger partial charge in [0.1, 0.15) is 11.5 Å². The predicted octanol–water partition coefficient (Wildman–Crippen LogP) is 3.27. The summed E-state index contributed by atoms with van der Waals surface area (Å²) in [6.07, 6.45) is 2.37. The Morgan fingerprint density at radius 1 is 1.00 bits per heavy atom. The van der Waals surface area contributed by atoms with Crippen molar-refractivity contribution in [2.45, 2.75) is 18.9 Å². The molecular weight excluding hydrogens is 328 g/mol. The fourth-order valence-electron chi connectivity index (χ4n) is 3.55. The molecule has 0 bridgehead atoms. The van der Waals surface area contributed by atoms with Crippen LogP contribution >= 0.6 is 0 Å². The molecule has 0 aliphatic carbocycles. The summed E-state index contributed by atoms with van der Waals surface area (Å²) in [7, 11) is 3.27. The van der Waals surface area contributed by atoms with E-state index in [0.29, 0.717) is 17.9 Å². The molecule has 0 radical (unpaired) electrons. The number of carbonyl (C=O) groups excluding carboxylic acids is 1. The lowest BCUT2D eigenvalue weighted by Crippen LogP contribution is -2.37. The average Bonchev–Trinajstić information content (AvgIpc) is 3.22. The molecule has 3 rings (SSSR count). The highest BCUT2D eigenvalue weighted by Gasteiger charge is 2.26. The number of benzene rings is 2. The minimum atomic E-state index is -0.124. The van der Waals surface area contributed by atoms with E-state index in [-0.39, 0.29) is 11.9 Å². The normalized spacial score (nSPS) is 15.5. The maximum Gasteiger partial charge on any atom is 0.255 e. The van der Waals surface area contributed by atoms with Crippen molar-refractivity contribution in [3.8, 4) is 11.5 Å². The van der Waals surface area contributed by atoms with Crippen LogP contribution in [-0.2, 0) is 0 Å². The van der Waals surface area contributed by atoms with Gasteiger partial charge in [-0.2, -0.15) is 0 Å².